The lowest BCUT2D eigenvalue weighted by atomic mass is 9.47. The molecule has 4 fully saturated rings. The standard InChI is InChI=1S/C21H27NO3/c1-13-4-3-5-17(6-13)19(23)22-18(20(24)25-2)21-10-14-7-15(11-21)9-16(8-14)12-21/h3-6,14-16,18H,7-12H2,1-2H3,(H,22,23)/t14?,15?,16?,18-,21?/m0/s1. The van der Waals surface area contributed by atoms with Gasteiger partial charge in [0.05, 0.1) is 7.11 Å². The second-order valence-electron chi connectivity index (χ2n) is 8.58. The molecule has 4 bridgehead atoms. The SMILES string of the molecule is COC(=O)[C@H](NC(=O)c1cccc(C)c1)C12CC3CC(CC(C3)C1)C2. The number of rotatable bonds is 4. The third-order valence-electron chi connectivity index (χ3n) is 6.69. The van der Waals surface area contributed by atoms with Crippen molar-refractivity contribution in [2.24, 2.45) is 23.2 Å². The number of ether oxygens (including phenoxy) is 1. The van der Waals surface area contributed by atoms with E-state index < -0.39 is 6.04 Å². The number of amides is 1. The molecule has 0 aromatic heterocycles. The largest absolute Gasteiger partial charge is 0.467 e. The van der Waals surface area contributed by atoms with Crippen LogP contribution in [0.25, 0.3) is 0 Å². The molecule has 4 aliphatic rings. The smallest absolute Gasteiger partial charge is 0.328 e. The fraction of sp³-hybridized carbons (Fsp3) is 0.619. The molecule has 0 aliphatic heterocycles. The van der Waals surface area contributed by atoms with E-state index in [0.29, 0.717) is 23.3 Å². The molecule has 0 unspecified atom stereocenters. The fourth-order valence-electron chi connectivity index (χ4n) is 6.11. The van der Waals surface area contributed by atoms with Crippen LogP contribution in [0.2, 0.25) is 0 Å². The van der Waals surface area contributed by atoms with Crippen molar-refractivity contribution in [3.63, 3.8) is 0 Å². The molecule has 134 valence electrons. The minimum atomic E-state index is -0.529. The van der Waals surface area contributed by atoms with E-state index in [4.69, 9.17) is 4.74 Å². The molecule has 4 aliphatic carbocycles. The molecule has 4 nitrogen and oxygen atoms in total. The van der Waals surface area contributed by atoms with Crippen molar-refractivity contribution in [2.75, 3.05) is 7.11 Å². The molecule has 1 aromatic carbocycles. The van der Waals surface area contributed by atoms with Crippen LogP contribution in [0.1, 0.15) is 54.4 Å². The lowest BCUT2D eigenvalue weighted by Crippen LogP contribution is -2.60. The maximum Gasteiger partial charge on any atom is 0.328 e. The van der Waals surface area contributed by atoms with Crippen LogP contribution in [-0.2, 0) is 9.53 Å². The highest BCUT2D eigenvalue weighted by atomic mass is 16.5. The normalized spacial score (nSPS) is 33.8. The van der Waals surface area contributed by atoms with Gasteiger partial charge in [-0.15, -0.1) is 0 Å². The summed E-state index contributed by atoms with van der Waals surface area (Å²) in [7, 11) is 1.43. The molecule has 25 heavy (non-hydrogen) atoms. The summed E-state index contributed by atoms with van der Waals surface area (Å²) in [5.74, 6) is 1.69. The van der Waals surface area contributed by atoms with Crippen LogP contribution in [0.4, 0.5) is 0 Å². The van der Waals surface area contributed by atoms with Gasteiger partial charge in [-0.25, -0.2) is 4.79 Å². The highest BCUT2D eigenvalue weighted by molar-refractivity contribution is 5.97. The molecule has 1 atom stereocenters. The number of hydrogen-bond acceptors (Lipinski definition) is 3. The summed E-state index contributed by atoms with van der Waals surface area (Å²) in [6, 6.07) is 6.98. The van der Waals surface area contributed by atoms with E-state index in [0.717, 1.165) is 24.8 Å². The molecular weight excluding hydrogens is 314 g/mol. The molecule has 0 saturated heterocycles. The Hall–Kier alpha value is -1.84. The first kappa shape index (κ1) is 16.6. The van der Waals surface area contributed by atoms with Crippen molar-refractivity contribution < 1.29 is 14.3 Å². The summed E-state index contributed by atoms with van der Waals surface area (Å²) in [6.07, 6.45) is 7.06. The number of carbonyl (C=O) groups excluding carboxylic acids is 2. The zero-order valence-electron chi connectivity index (χ0n) is 15.1. The molecule has 4 saturated carbocycles. The van der Waals surface area contributed by atoms with Gasteiger partial charge in [0.25, 0.3) is 5.91 Å². The van der Waals surface area contributed by atoms with E-state index >= 15 is 0 Å². The lowest BCUT2D eigenvalue weighted by molar-refractivity contribution is -0.154. The van der Waals surface area contributed by atoms with E-state index in [1.165, 1.54) is 26.4 Å². The predicted octanol–water partition coefficient (Wildman–Crippen LogP) is 3.48. The summed E-state index contributed by atoms with van der Waals surface area (Å²) in [6.45, 7) is 1.97. The fourth-order valence-corrected chi connectivity index (χ4v) is 6.11. The van der Waals surface area contributed by atoms with Crippen molar-refractivity contribution in [1.82, 2.24) is 5.32 Å². The Morgan fingerprint density at radius 1 is 1.12 bits per heavy atom. The van der Waals surface area contributed by atoms with Gasteiger partial charge in [-0.05, 0) is 75.3 Å². The predicted molar refractivity (Wildman–Crippen MR) is 95.1 cm³/mol. The number of nitrogens with one attached hydrogen (secondary N) is 1. The van der Waals surface area contributed by atoms with Crippen molar-refractivity contribution in [1.29, 1.82) is 0 Å². The molecule has 5 rings (SSSR count). The van der Waals surface area contributed by atoms with Gasteiger partial charge in [-0.2, -0.15) is 0 Å². The van der Waals surface area contributed by atoms with E-state index in [-0.39, 0.29) is 17.3 Å². The van der Waals surface area contributed by atoms with E-state index in [1.54, 1.807) is 6.07 Å². The summed E-state index contributed by atoms with van der Waals surface area (Å²) < 4.78 is 5.11. The number of benzene rings is 1. The van der Waals surface area contributed by atoms with Crippen LogP contribution in [0.3, 0.4) is 0 Å². The highest BCUT2D eigenvalue weighted by Gasteiger charge is 2.56. The third-order valence-corrected chi connectivity index (χ3v) is 6.69. The van der Waals surface area contributed by atoms with Gasteiger partial charge in [-0.3, -0.25) is 4.79 Å². The van der Waals surface area contributed by atoms with E-state index in [9.17, 15) is 9.59 Å². The Morgan fingerprint density at radius 2 is 1.72 bits per heavy atom. The first-order valence-corrected chi connectivity index (χ1v) is 9.44. The second-order valence-corrected chi connectivity index (χ2v) is 8.58. The average Bonchev–Trinajstić information content (AvgIpc) is 2.57. The molecule has 0 heterocycles. The monoisotopic (exact) mass is 341 g/mol. The Morgan fingerprint density at radius 3 is 2.24 bits per heavy atom. The molecule has 4 heteroatoms. The van der Waals surface area contributed by atoms with Gasteiger partial charge in [0.1, 0.15) is 6.04 Å². The van der Waals surface area contributed by atoms with Crippen LogP contribution in [0.15, 0.2) is 24.3 Å². The van der Waals surface area contributed by atoms with Gasteiger partial charge < -0.3 is 10.1 Å². The molecule has 0 spiro atoms. The zero-order chi connectivity index (χ0) is 17.6. The minimum absolute atomic E-state index is 0.110. The van der Waals surface area contributed by atoms with Crippen LogP contribution >= 0.6 is 0 Å². The Kier molecular flexibility index (Phi) is 4.09. The maximum absolute atomic E-state index is 12.8. The second kappa shape index (κ2) is 6.15. The van der Waals surface area contributed by atoms with Gasteiger partial charge >= 0.3 is 5.97 Å². The van der Waals surface area contributed by atoms with Crippen molar-refractivity contribution in [2.45, 2.75) is 51.5 Å². The molecule has 1 aromatic rings. The van der Waals surface area contributed by atoms with Crippen LogP contribution in [0.5, 0.6) is 0 Å². The van der Waals surface area contributed by atoms with Crippen molar-refractivity contribution >= 4 is 11.9 Å². The summed E-state index contributed by atoms with van der Waals surface area (Å²) in [5, 5.41) is 3.05. The average molecular weight is 341 g/mol. The minimum Gasteiger partial charge on any atom is -0.467 e. The summed E-state index contributed by atoms with van der Waals surface area (Å²) >= 11 is 0. The van der Waals surface area contributed by atoms with Crippen molar-refractivity contribution in [3.8, 4) is 0 Å². The number of aryl methyl sites for hydroxylation is 1. The van der Waals surface area contributed by atoms with Crippen molar-refractivity contribution in [3.05, 3.63) is 35.4 Å². The Balaban J connectivity index is 1.61. The summed E-state index contributed by atoms with van der Waals surface area (Å²) in [4.78, 5) is 25.4. The van der Waals surface area contributed by atoms with Gasteiger partial charge in [-0.1, -0.05) is 17.7 Å². The number of esters is 1. The number of carbonyl (C=O) groups is 2. The quantitative estimate of drug-likeness (QED) is 0.853. The molecular formula is C21H27NO3. The van der Waals surface area contributed by atoms with Crippen LogP contribution < -0.4 is 5.32 Å². The molecule has 1 N–H and O–H groups in total. The van der Waals surface area contributed by atoms with Gasteiger partial charge in [0, 0.05) is 11.0 Å². The Bertz CT molecular complexity index is 661. The molecule has 0 radical (unpaired) electrons. The number of methoxy groups -OCH3 is 1. The molecule has 1 amide bonds. The van der Waals surface area contributed by atoms with Gasteiger partial charge in [0.2, 0.25) is 0 Å². The first-order valence-electron chi connectivity index (χ1n) is 9.44. The highest BCUT2D eigenvalue weighted by Crippen LogP contribution is 2.61. The van der Waals surface area contributed by atoms with E-state index in [1.807, 2.05) is 25.1 Å². The third kappa shape index (κ3) is 2.96. The maximum atomic E-state index is 12.8. The Labute approximate surface area is 149 Å². The summed E-state index contributed by atoms with van der Waals surface area (Å²) in [5.41, 5.74) is 1.54. The zero-order valence-corrected chi connectivity index (χ0v) is 15.1. The number of hydrogen-bond donors (Lipinski definition) is 1. The van der Waals surface area contributed by atoms with Crippen LogP contribution in [0, 0.1) is 30.1 Å². The van der Waals surface area contributed by atoms with E-state index in [2.05, 4.69) is 5.32 Å². The first-order chi connectivity index (χ1) is 12.0. The lowest BCUT2D eigenvalue weighted by Gasteiger charge is -2.58. The topological polar surface area (TPSA) is 55.4 Å². The van der Waals surface area contributed by atoms with Gasteiger partial charge in [0.15, 0.2) is 0 Å². The van der Waals surface area contributed by atoms with Crippen LogP contribution in [-0.4, -0.2) is 25.0 Å².